The Balaban J connectivity index is 0.00000132. The third-order valence-corrected chi connectivity index (χ3v) is 10.0. The largest absolute Gasteiger partial charge is 0.393 e. The van der Waals surface area contributed by atoms with Gasteiger partial charge in [-0.15, -0.1) is 0 Å². The van der Waals surface area contributed by atoms with Gasteiger partial charge in [0.2, 0.25) is 0 Å². The fourth-order valence-corrected chi connectivity index (χ4v) is 8.06. The van der Waals surface area contributed by atoms with Gasteiger partial charge in [-0.2, -0.15) is 13.2 Å². The summed E-state index contributed by atoms with van der Waals surface area (Å²) in [6, 6.07) is 0. The van der Waals surface area contributed by atoms with Gasteiger partial charge in [-0.05, 0) is 98.7 Å². The Morgan fingerprint density at radius 2 is 1.77 bits per heavy atom. The molecule has 0 aliphatic heterocycles. The molecule has 1 nitrogen and oxygen atoms in total. The molecular formula is C27H45F3O. The molecule has 4 aliphatic carbocycles. The van der Waals surface area contributed by atoms with Crippen molar-refractivity contribution >= 4 is 0 Å². The van der Waals surface area contributed by atoms with Gasteiger partial charge < -0.3 is 5.11 Å². The van der Waals surface area contributed by atoms with Crippen LogP contribution in [-0.4, -0.2) is 17.4 Å². The van der Waals surface area contributed by atoms with E-state index in [1.807, 2.05) is 13.8 Å². The third kappa shape index (κ3) is 4.62. The van der Waals surface area contributed by atoms with Crippen LogP contribution in [0, 0.1) is 40.4 Å². The molecular weight excluding hydrogens is 397 g/mol. The average Bonchev–Trinajstić information content (AvgIpc) is 3.06. The smallest absolute Gasteiger partial charge is 0.391 e. The molecule has 4 rings (SSSR count). The summed E-state index contributed by atoms with van der Waals surface area (Å²) in [5, 5.41) is 10.1. The summed E-state index contributed by atoms with van der Waals surface area (Å²) in [4.78, 5) is 0. The molecule has 4 heteroatoms. The molecule has 0 aromatic rings. The second kappa shape index (κ2) is 9.39. The lowest BCUT2D eigenvalue weighted by Gasteiger charge is -2.58. The first-order chi connectivity index (χ1) is 14.6. The lowest BCUT2D eigenvalue weighted by molar-refractivity contribution is -0.171. The van der Waals surface area contributed by atoms with Gasteiger partial charge in [0.15, 0.2) is 0 Å². The van der Waals surface area contributed by atoms with E-state index in [2.05, 4.69) is 19.9 Å². The van der Waals surface area contributed by atoms with Crippen molar-refractivity contribution in [3.05, 3.63) is 11.6 Å². The van der Waals surface area contributed by atoms with Crippen molar-refractivity contribution < 1.29 is 18.3 Å². The zero-order valence-electron chi connectivity index (χ0n) is 20.4. The van der Waals surface area contributed by atoms with Crippen molar-refractivity contribution in [1.29, 1.82) is 0 Å². The molecule has 8 unspecified atom stereocenters. The van der Waals surface area contributed by atoms with Crippen LogP contribution < -0.4 is 0 Å². The van der Waals surface area contributed by atoms with Crippen LogP contribution in [0.25, 0.3) is 0 Å². The molecule has 0 heterocycles. The fraction of sp³-hybridized carbons (Fsp3) is 0.926. The third-order valence-electron chi connectivity index (χ3n) is 10.0. The average molecular weight is 443 g/mol. The highest BCUT2D eigenvalue weighted by Gasteiger charge is 2.58. The van der Waals surface area contributed by atoms with Gasteiger partial charge in [-0.25, -0.2) is 0 Å². The molecule has 180 valence electrons. The monoisotopic (exact) mass is 442 g/mol. The van der Waals surface area contributed by atoms with Crippen LogP contribution >= 0.6 is 0 Å². The molecule has 3 saturated carbocycles. The van der Waals surface area contributed by atoms with Crippen LogP contribution in [0.2, 0.25) is 0 Å². The van der Waals surface area contributed by atoms with E-state index in [0.29, 0.717) is 17.8 Å². The van der Waals surface area contributed by atoms with Gasteiger partial charge in [-0.3, -0.25) is 0 Å². The maximum Gasteiger partial charge on any atom is 0.391 e. The van der Waals surface area contributed by atoms with E-state index in [1.165, 1.54) is 38.2 Å². The van der Waals surface area contributed by atoms with Crippen LogP contribution in [0.3, 0.4) is 0 Å². The highest BCUT2D eigenvalue weighted by molar-refractivity contribution is 5.25. The zero-order chi connectivity index (χ0) is 23.0. The molecule has 1 N–H and O–H groups in total. The fourth-order valence-electron chi connectivity index (χ4n) is 8.06. The highest BCUT2D eigenvalue weighted by Crippen LogP contribution is 2.66. The van der Waals surface area contributed by atoms with Gasteiger partial charge in [0.1, 0.15) is 0 Å². The van der Waals surface area contributed by atoms with Gasteiger partial charge >= 0.3 is 6.18 Å². The number of aliphatic hydroxyl groups is 1. The Labute approximate surface area is 188 Å². The number of allylic oxidation sites excluding steroid dienone is 1. The molecule has 31 heavy (non-hydrogen) atoms. The van der Waals surface area contributed by atoms with E-state index in [-0.39, 0.29) is 17.9 Å². The zero-order valence-corrected chi connectivity index (χ0v) is 20.4. The van der Waals surface area contributed by atoms with E-state index in [1.54, 1.807) is 0 Å². The van der Waals surface area contributed by atoms with Gasteiger partial charge in [0.25, 0.3) is 0 Å². The van der Waals surface area contributed by atoms with Crippen molar-refractivity contribution in [2.75, 3.05) is 0 Å². The summed E-state index contributed by atoms with van der Waals surface area (Å²) in [6.07, 6.45) is 9.25. The van der Waals surface area contributed by atoms with Crippen LogP contribution in [0.4, 0.5) is 13.2 Å². The van der Waals surface area contributed by atoms with E-state index in [0.717, 1.165) is 49.9 Å². The van der Waals surface area contributed by atoms with E-state index in [4.69, 9.17) is 0 Å². The van der Waals surface area contributed by atoms with Crippen LogP contribution in [0.15, 0.2) is 11.6 Å². The number of rotatable bonds is 4. The van der Waals surface area contributed by atoms with Gasteiger partial charge in [0, 0.05) is 0 Å². The van der Waals surface area contributed by atoms with Crippen molar-refractivity contribution in [3.8, 4) is 0 Å². The maximum absolute atomic E-state index is 12.9. The number of hydrogen-bond acceptors (Lipinski definition) is 1. The first-order valence-corrected chi connectivity index (χ1v) is 13.0. The van der Waals surface area contributed by atoms with Crippen LogP contribution in [0.5, 0.6) is 0 Å². The predicted octanol–water partition coefficient (Wildman–Crippen LogP) is 8.32. The highest BCUT2D eigenvalue weighted by atomic mass is 19.4. The molecule has 4 aliphatic rings. The molecule has 0 bridgehead atoms. The standard InChI is InChI=1S/C25H39F3O.C2H6/c1-16(25(26,27)28)5-4-6-17-8-10-21-20-9-7-18-15-19(29)11-13-24(18,3)22(20)12-14-23(17,21)2;1-2/h7,16-17,19-22,29H,4-6,8-15H2,1-3H3;1-2H3. The SMILES string of the molecule is CC.CC(CCCC1CCC2C3CC=C4CC(O)CCC4(C)C3CCC12C)C(F)(F)F. The minimum absolute atomic E-state index is 0.158. The van der Waals surface area contributed by atoms with Crippen molar-refractivity contribution in [1.82, 2.24) is 0 Å². The first kappa shape index (κ1) is 25.1. The molecule has 3 fully saturated rings. The number of halogens is 3. The van der Waals surface area contributed by atoms with E-state index < -0.39 is 12.1 Å². The minimum Gasteiger partial charge on any atom is -0.393 e. The topological polar surface area (TPSA) is 20.2 Å². The summed E-state index contributed by atoms with van der Waals surface area (Å²) in [5.41, 5.74) is 2.10. The summed E-state index contributed by atoms with van der Waals surface area (Å²) in [5.74, 6) is 1.62. The number of hydrogen-bond donors (Lipinski definition) is 1. The minimum atomic E-state index is -4.05. The normalized spacial score (nSPS) is 43.0. The second-order valence-electron chi connectivity index (χ2n) is 11.3. The van der Waals surface area contributed by atoms with E-state index in [9.17, 15) is 18.3 Å². The molecule has 0 spiro atoms. The van der Waals surface area contributed by atoms with Crippen molar-refractivity contribution in [2.45, 2.75) is 118 Å². The van der Waals surface area contributed by atoms with Crippen molar-refractivity contribution in [2.24, 2.45) is 40.4 Å². The predicted molar refractivity (Wildman–Crippen MR) is 122 cm³/mol. The summed E-state index contributed by atoms with van der Waals surface area (Å²) >= 11 is 0. The molecule has 0 amide bonds. The Bertz CT molecular complexity index is 641. The first-order valence-electron chi connectivity index (χ1n) is 13.0. The Hall–Kier alpha value is -0.510. The van der Waals surface area contributed by atoms with Crippen molar-refractivity contribution in [3.63, 3.8) is 0 Å². The van der Waals surface area contributed by atoms with Crippen LogP contribution in [-0.2, 0) is 0 Å². The second-order valence-corrected chi connectivity index (χ2v) is 11.3. The lowest BCUT2D eigenvalue weighted by atomic mass is 9.47. The summed E-state index contributed by atoms with van der Waals surface area (Å²) in [7, 11) is 0. The number of fused-ring (bicyclic) bond motifs is 5. The number of alkyl halides is 3. The maximum atomic E-state index is 12.9. The van der Waals surface area contributed by atoms with Gasteiger partial charge in [-0.1, -0.05) is 52.7 Å². The molecule has 0 saturated heterocycles. The summed E-state index contributed by atoms with van der Waals surface area (Å²) in [6.45, 7) is 10.2. The van der Waals surface area contributed by atoms with Gasteiger partial charge in [0.05, 0.1) is 12.0 Å². The van der Waals surface area contributed by atoms with E-state index >= 15 is 0 Å². The Morgan fingerprint density at radius 3 is 2.45 bits per heavy atom. The lowest BCUT2D eigenvalue weighted by Crippen LogP contribution is -2.50. The summed E-state index contributed by atoms with van der Waals surface area (Å²) < 4.78 is 38.6. The van der Waals surface area contributed by atoms with Crippen LogP contribution in [0.1, 0.15) is 105 Å². The molecule has 0 aromatic heterocycles. The Kier molecular flexibility index (Phi) is 7.61. The quantitative estimate of drug-likeness (QED) is 0.434. The Morgan fingerprint density at radius 1 is 1.06 bits per heavy atom. The molecule has 0 aromatic carbocycles. The molecule has 8 atom stereocenters. The number of aliphatic hydroxyl groups excluding tert-OH is 1. The molecule has 0 radical (unpaired) electrons.